The first-order valence-electron chi connectivity index (χ1n) is 12.3. The van der Waals surface area contributed by atoms with Gasteiger partial charge in [-0.25, -0.2) is 8.42 Å². The van der Waals surface area contributed by atoms with E-state index in [0.717, 1.165) is 9.87 Å². The molecule has 0 radical (unpaired) electrons. The maximum atomic E-state index is 14.0. The van der Waals surface area contributed by atoms with Crippen molar-refractivity contribution < 1.29 is 17.9 Å². The van der Waals surface area contributed by atoms with Gasteiger partial charge in [-0.2, -0.15) is 4.31 Å². The molecule has 0 atom stereocenters. The molecule has 0 aliphatic rings. The second-order valence-corrected chi connectivity index (χ2v) is 12.5. The zero-order valence-electron chi connectivity index (χ0n) is 22.0. The molecular formula is C30H27Cl3N2O4S. The molecule has 0 saturated carbocycles. The monoisotopic (exact) mass is 616 g/mol. The molecule has 0 fully saturated rings. The molecule has 0 heterocycles. The largest absolute Gasteiger partial charge is 0.455 e. The predicted octanol–water partition coefficient (Wildman–Crippen LogP) is 8.19. The van der Waals surface area contributed by atoms with E-state index in [1.54, 1.807) is 74.5 Å². The van der Waals surface area contributed by atoms with E-state index in [2.05, 4.69) is 5.32 Å². The second kappa shape index (κ2) is 12.6. The fourth-order valence-electron chi connectivity index (χ4n) is 4.42. The molecule has 40 heavy (non-hydrogen) atoms. The molecule has 0 aromatic heterocycles. The lowest BCUT2D eigenvalue weighted by atomic mass is 10.1. The van der Waals surface area contributed by atoms with Crippen LogP contribution >= 0.6 is 34.8 Å². The molecule has 4 aromatic rings. The Morgan fingerprint density at radius 2 is 1.52 bits per heavy atom. The summed E-state index contributed by atoms with van der Waals surface area (Å²) < 4.78 is 35.1. The topological polar surface area (TPSA) is 75.7 Å². The Morgan fingerprint density at radius 3 is 2.17 bits per heavy atom. The summed E-state index contributed by atoms with van der Waals surface area (Å²) in [5, 5.41) is 3.77. The number of rotatable bonds is 9. The van der Waals surface area contributed by atoms with E-state index in [-0.39, 0.29) is 16.5 Å². The maximum Gasteiger partial charge on any atom is 0.244 e. The van der Waals surface area contributed by atoms with E-state index in [1.807, 2.05) is 25.1 Å². The first-order valence-corrected chi connectivity index (χ1v) is 14.9. The molecule has 0 saturated heterocycles. The van der Waals surface area contributed by atoms with Gasteiger partial charge < -0.3 is 10.1 Å². The van der Waals surface area contributed by atoms with Crippen LogP contribution in [0.3, 0.4) is 0 Å². The van der Waals surface area contributed by atoms with Crippen molar-refractivity contribution in [2.45, 2.75) is 32.2 Å². The van der Waals surface area contributed by atoms with E-state index in [9.17, 15) is 13.2 Å². The lowest BCUT2D eigenvalue weighted by Gasteiger charge is -2.24. The van der Waals surface area contributed by atoms with Crippen molar-refractivity contribution in [2.24, 2.45) is 0 Å². The van der Waals surface area contributed by atoms with Crippen LogP contribution in [0.4, 0.5) is 5.69 Å². The van der Waals surface area contributed by atoms with E-state index >= 15 is 0 Å². The van der Waals surface area contributed by atoms with Gasteiger partial charge in [0.2, 0.25) is 15.9 Å². The SMILES string of the molecule is Cc1cc(C)c(S(=O)(=O)N(CC(=O)Nc2cc(Cl)ccc2Oc2ccccc2)Cc2ccc(Cl)c(Cl)c2)c(C)c1. The van der Waals surface area contributed by atoms with Crippen LogP contribution in [0.25, 0.3) is 0 Å². The molecule has 1 amide bonds. The molecule has 4 aromatic carbocycles. The molecular weight excluding hydrogens is 591 g/mol. The van der Waals surface area contributed by atoms with Crippen LogP contribution in [0.1, 0.15) is 22.3 Å². The Bertz CT molecular complexity index is 1640. The minimum atomic E-state index is -4.12. The average Bonchev–Trinajstić information content (AvgIpc) is 2.87. The molecule has 1 N–H and O–H groups in total. The van der Waals surface area contributed by atoms with Gasteiger partial charge in [-0.3, -0.25) is 4.79 Å². The Kier molecular flexibility index (Phi) is 9.44. The van der Waals surface area contributed by atoms with Crippen molar-refractivity contribution >= 4 is 56.4 Å². The molecule has 10 heteroatoms. The van der Waals surface area contributed by atoms with E-state index < -0.39 is 22.5 Å². The summed E-state index contributed by atoms with van der Waals surface area (Å²) in [4.78, 5) is 13.5. The highest BCUT2D eigenvalue weighted by atomic mass is 35.5. The van der Waals surface area contributed by atoms with Crippen LogP contribution in [0, 0.1) is 20.8 Å². The number of para-hydroxylation sites is 1. The fraction of sp³-hybridized carbons (Fsp3) is 0.167. The number of sulfonamides is 1. The Hall–Kier alpha value is -3.07. The first-order chi connectivity index (χ1) is 18.9. The number of ether oxygens (including phenoxy) is 1. The Morgan fingerprint density at radius 1 is 0.850 bits per heavy atom. The van der Waals surface area contributed by atoms with Crippen LogP contribution in [0.2, 0.25) is 15.1 Å². The summed E-state index contributed by atoms with van der Waals surface area (Å²) in [5.41, 5.74) is 2.99. The number of nitrogens with zero attached hydrogens (tertiary/aromatic N) is 1. The molecule has 208 valence electrons. The van der Waals surface area contributed by atoms with Crippen molar-refractivity contribution in [1.29, 1.82) is 0 Å². The normalized spacial score (nSPS) is 11.5. The standard InChI is InChI=1S/C30H27Cl3N2O4S/c1-19-13-20(2)30(21(3)14-19)40(37,38)35(17-22-9-11-25(32)26(33)15-22)18-29(36)34-27-16-23(31)10-12-28(27)39-24-7-5-4-6-8-24/h4-16H,17-18H2,1-3H3,(H,34,36). The van der Waals surface area contributed by atoms with Crippen LogP contribution < -0.4 is 10.1 Å². The van der Waals surface area contributed by atoms with Gasteiger partial charge in [0, 0.05) is 11.6 Å². The summed E-state index contributed by atoms with van der Waals surface area (Å²) in [5.74, 6) is 0.341. The highest BCUT2D eigenvalue weighted by Gasteiger charge is 2.30. The lowest BCUT2D eigenvalue weighted by molar-refractivity contribution is -0.116. The van der Waals surface area contributed by atoms with Crippen molar-refractivity contribution in [1.82, 2.24) is 4.31 Å². The molecule has 4 rings (SSSR count). The number of amides is 1. The zero-order chi connectivity index (χ0) is 29.0. The third kappa shape index (κ3) is 7.16. The van der Waals surface area contributed by atoms with Crippen molar-refractivity contribution in [2.75, 3.05) is 11.9 Å². The highest BCUT2D eigenvalue weighted by molar-refractivity contribution is 7.89. The van der Waals surface area contributed by atoms with Gasteiger partial charge in [0.25, 0.3) is 0 Å². The number of hydrogen-bond acceptors (Lipinski definition) is 4. The quantitative estimate of drug-likeness (QED) is 0.205. The molecule has 0 spiro atoms. The number of benzene rings is 4. The Balaban J connectivity index is 1.67. The van der Waals surface area contributed by atoms with Crippen LogP contribution in [-0.4, -0.2) is 25.2 Å². The second-order valence-electron chi connectivity index (χ2n) is 9.35. The van der Waals surface area contributed by atoms with Gasteiger partial charge in [0.15, 0.2) is 5.75 Å². The summed E-state index contributed by atoms with van der Waals surface area (Å²) in [6, 6.07) is 22.3. The first kappa shape index (κ1) is 29.9. The smallest absolute Gasteiger partial charge is 0.244 e. The summed E-state index contributed by atoms with van der Waals surface area (Å²) in [6.07, 6.45) is 0. The van der Waals surface area contributed by atoms with Crippen LogP contribution in [0.5, 0.6) is 11.5 Å². The molecule has 0 bridgehead atoms. The number of halogens is 3. The van der Waals surface area contributed by atoms with Gasteiger partial charge in [0.05, 0.1) is 27.2 Å². The average molecular weight is 618 g/mol. The third-order valence-electron chi connectivity index (χ3n) is 6.05. The molecule has 0 aliphatic heterocycles. The van der Waals surface area contributed by atoms with Crippen LogP contribution in [0.15, 0.2) is 83.8 Å². The molecule has 6 nitrogen and oxygen atoms in total. The van der Waals surface area contributed by atoms with E-state index in [0.29, 0.717) is 43.9 Å². The van der Waals surface area contributed by atoms with Gasteiger partial charge in [0.1, 0.15) is 5.75 Å². The summed E-state index contributed by atoms with van der Waals surface area (Å²) >= 11 is 18.5. The number of carbonyl (C=O) groups excluding carboxylic acids is 1. The number of carbonyl (C=O) groups is 1. The number of aryl methyl sites for hydroxylation is 3. The lowest BCUT2D eigenvalue weighted by Crippen LogP contribution is -2.38. The summed E-state index contributed by atoms with van der Waals surface area (Å²) in [6.45, 7) is 4.79. The van der Waals surface area contributed by atoms with Crippen molar-refractivity contribution in [3.8, 4) is 11.5 Å². The molecule has 0 unspecified atom stereocenters. The third-order valence-corrected chi connectivity index (χ3v) is 9.12. The van der Waals surface area contributed by atoms with Gasteiger partial charge in [-0.05, 0) is 79.9 Å². The number of nitrogens with one attached hydrogen (secondary N) is 1. The predicted molar refractivity (Wildman–Crippen MR) is 161 cm³/mol. The minimum Gasteiger partial charge on any atom is -0.455 e. The van der Waals surface area contributed by atoms with E-state index in [4.69, 9.17) is 39.5 Å². The zero-order valence-corrected chi connectivity index (χ0v) is 25.1. The van der Waals surface area contributed by atoms with Gasteiger partial charge >= 0.3 is 0 Å². The van der Waals surface area contributed by atoms with E-state index in [1.165, 1.54) is 0 Å². The molecule has 0 aliphatic carbocycles. The van der Waals surface area contributed by atoms with Gasteiger partial charge in [-0.1, -0.05) is 76.8 Å². The maximum absolute atomic E-state index is 14.0. The minimum absolute atomic E-state index is 0.109. The van der Waals surface area contributed by atoms with Crippen LogP contribution in [-0.2, 0) is 21.4 Å². The number of anilines is 1. The number of hydrogen-bond donors (Lipinski definition) is 1. The van der Waals surface area contributed by atoms with Crippen molar-refractivity contribution in [3.05, 3.63) is 116 Å². The van der Waals surface area contributed by atoms with Gasteiger partial charge in [-0.15, -0.1) is 0 Å². The highest BCUT2D eigenvalue weighted by Crippen LogP contribution is 2.33. The van der Waals surface area contributed by atoms with Crippen molar-refractivity contribution in [3.63, 3.8) is 0 Å². The summed E-state index contributed by atoms with van der Waals surface area (Å²) in [7, 11) is -4.12. The Labute approximate surface area is 249 Å². The fourth-order valence-corrected chi connectivity index (χ4v) is 6.71.